The van der Waals surface area contributed by atoms with Crippen LogP contribution < -0.4 is 59.1 Å². The molecule has 122 valence electrons. The third-order valence-electron chi connectivity index (χ3n) is 3.04. The van der Waals surface area contributed by atoms with Gasteiger partial charge in [0.1, 0.15) is 5.75 Å². The summed E-state index contributed by atoms with van der Waals surface area (Å²) < 4.78 is 34.1. The Morgan fingerprint density at radius 3 is 1.83 bits per heavy atom. The van der Waals surface area contributed by atoms with E-state index in [1.54, 1.807) is 6.07 Å². The van der Waals surface area contributed by atoms with Crippen LogP contribution >= 0.6 is 0 Å². The summed E-state index contributed by atoms with van der Waals surface area (Å²) in [6.07, 6.45) is 10.3. The number of phenols is 1. The second-order valence-corrected chi connectivity index (χ2v) is 5.72. The Hall–Kier alpha value is 0.890. The molecule has 0 aromatic heterocycles. The molecule has 1 N–H and O–H groups in total. The Bertz CT molecular complexity index is 473. The SMILES string of the molecule is CCCCCCCCCc1ccccc1O.O=S(=O)([O-])[O-].[Na+].[Na+]. The second-order valence-electron chi connectivity index (χ2n) is 4.91. The third kappa shape index (κ3) is 22.9. The van der Waals surface area contributed by atoms with Gasteiger partial charge in [-0.1, -0.05) is 63.6 Å². The molecule has 0 unspecified atom stereocenters. The molecular weight excluding hydrogens is 338 g/mol. The summed E-state index contributed by atoms with van der Waals surface area (Å²) in [6.45, 7) is 2.25. The Labute approximate surface area is 184 Å². The van der Waals surface area contributed by atoms with E-state index in [9.17, 15) is 5.11 Å². The van der Waals surface area contributed by atoms with Crippen molar-refractivity contribution in [1.29, 1.82) is 0 Å². The van der Waals surface area contributed by atoms with Gasteiger partial charge in [-0.25, -0.2) is 0 Å². The fourth-order valence-corrected chi connectivity index (χ4v) is 1.99. The van der Waals surface area contributed by atoms with Gasteiger partial charge in [-0.05, 0) is 24.5 Å². The van der Waals surface area contributed by atoms with E-state index in [2.05, 4.69) is 6.92 Å². The molecular formula is C15H24Na2O5S. The first-order valence-corrected chi connectivity index (χ1v) is 8.61. The van der Waals surface area contributed by atoms with Crippen molar-refractivity contribution < 1.29 is 81.7 Å². The smallest absolute Gasteiger partial charge is 0.759 e. The van der Waals surface area contributed by atoms with Crippen LogP contribution in [0.1, 0.15) is 57.4 Å². The maximum atomic E-state index is 9.58. The van der Waals surface area contributed by atoms with Gasteiger partial charge >= 0.3 is 59.1 Å². The number of para-hydroxylation sites is 1. The van der Waals surface area contributed by atoms with Gasteiger partial charge in [0, 0.05) is 10.4 Å². The molecule has 0 fully saturated rings. The number of hydrogen-bond acceptors (Lipinski definition) is 5. The van der Waals surface area contributed by atoms with Gasteiger partial charge in [0.25, 0.3) is 0 Å². The van der Waals surface area contributed by atoms with Crippen molar-refractivity contribution >= 4 is 10.4 Å². The quantitative estimate of drug-likeness (QED) is 0.236. The zero-order valence-corrected chi connectivity index (χ0v) is 19.3. The minimum Gasteiger partial charge on any atom is -0.759 e. The van der Waals surface area contributed by atoms with Crippen LogP contribution in [-0.2, 0) is 16.8 Å². The molecule has 0 spiro atoms. The predicted octanol–water partition coefficient (Wildman–Crippen LogP) is -2.64. The summed E-state index contributed by atoms with van der Waals surface area (Å²) in [5, 5.41) is 9.58. The number of hydrogen-bond donors (Lipinski definition) is 1. The van der Waals surface area contributed by atoms with Crippen LogP contribution in [-0.4, -0.2) is 22.6 Å². The van der Waals surface area contributed by atoms with Crippen LogP contribution in [0.15, 0.2) is 24.3 Å². The Balaban J connectivity index is -0.000000502. The Morgan fingerprint density at radius 1 is 0.913 bits per heavy atom. The number of aromatic hydroxyl groups is 1. The van der Waals surface area contributed by atoms with Crippen molar-refractivity contribution in [1.82, 2.24) is 0 Å². The van der Waals surface area contributed by atoms with Gasteiger partial charge in [-0.15, -0.1) is 0 Å². The first-order chi connectivity index (χ1) is 9.84. The molecule has 0 heterocycles. The average Bonchev–Trinajstić information content (AvgIpc) is 2.38. The fraction of sp³-hybridized carbons (Fsp3) is 0.600. The van der Waals surface area contributed by atoms with Crippen molar-refractivity contribution in [3.63, 3.8) is 0 Å². The van der Waals surface area contributed by atoms with E-state index >= 15 is 0 Å². The zero-order chi connectivity index (χ0) is 16.1. The summed E-state index contributed by atoms with van der Waals surface area (Å²) in [5.41, 5.74) is 1.09. The molecule has 0 aliphatic carbocycles. The van der Waals surface area contributed by atoms with Crippen LogP contribution in [0, 0.1) is 0 Å². The summed E-state index contributed by atoms with van der Waals surface area (Å²) in [6, 6.07) is 7.67. The molecule has 0 bridgehead atoms. The first kappa shape index (κ1) is 28.7. The Kier molecular flexibility index (Phi) is 22.1. The van der Waals surface area contributed by atoms with E-state index in [-0.39, 0.29) is 59.1 Å². The molecule has 0 amide bonds. The topological polar surface area (TPSA) is 100 Å². The molecule has 0 aliphatic heterocycles. The molecule has 1 aromatic rings. The minimum absolute atomic E-state index is 0. The maximum absolute atomic E-state index is 9.58. The van der Waals surface area contributed by atoms with Crippen LogP contribution in [0.5, 0.6) is 5.75 Å². The number of unbranched alkanes of at least 4 members (excludes halogenated alkanes) is 6. The van der Waals surface area contributed by atoms with E-state index < -0.39 is 10.4 Å². The van der Waals surface area contributed by atoms with E-state index in [0.717, 1.165) is 12.0 Å². The number of aryl methyl sites for hydroxylation is 1. The number of phenolic OH excluding ortho intramolecular Hbond substituents is 1. The van der Waals surface area contributed by atoms with E-state index in [0.29, 0.717) is 5.75 Å². The van der Waals surface area contributed by atoms with Crippen LogP contribution in [0.3, 0.4) is 0 Å². The van der Waals surface area contributed by atoms with Gasteiger partial charge in [0.15, 0.2) is 0 Å². The number of benzene rings is 1. The predicted molar refractivity (Wildman–Crippen MR) is 80.3 cm³/mol. The van der Waals surface area contributed by atoms with Crippen molar-refractivity contribution in [3.05, 3.63) is 29.8 Å². The summed E-state index contributed by atoms with van der Waals surface area (Å²) in [5.74, 6) is 0.452. The molecule has 1 aromatic carbocycles. The van der Waals surface area contributed by atoms with E-state index in [4.69, 9.17) is 17.5 Å². The normalized spacial score (nSPS) is 9.87. The van der Waals surface area contributed by atoms with Gasteiger partial charge in [0.2, 0.25) is 0 Å². The molecule has 0 radical (unpaired) electrons. The third-order valence-corrected chi connectivity index (χ3v) is 3.04. The van der Waals surface area contributed by atoms with Crippen molar-refractivity contribution in [3.8, 4) is 5.75 Å². The van der Waals surface area contributed by atoms with Crippen molar-refractivity contribution in [2.45, 2.75) is 58.3 Å². The molecule has 8 heteroatoms. The standard InChI is InChI=1S/C15H24O.2Na.H2O4S/c1-2-3-4-5-6-7-8-11-14-12-9-10-13-15(14)16;;;1-5(2,3)4/h9-10,12-13,16H,2-8,11H2,1H3;;;(H2,1,2,3,4)/q;2*+1;/p-2. The monoisotopic (exact) mass is 362 g/mol. The van der Waals surface area contributed by atoms with E-state index in [1.807, 2.05) is 18.2 Å². The van der Waals surface area contributed by atoms with E-state index in [1.165, 1.54) is 44.9 Å². The maximum Gasteiger partial charge on any atom is 1.00 e. The van der Waals surface area contributed by atoms with Crippen molar-refractivity contribution in [2.24, 2.45) is 0 Å². The number of rotatable bonds is 8. The molecule has 0 atom stereocenters. The molecule has 0 saturated heterocycles. The van der Waals surface area contributed by atoms with Crippen LogP contribution in [0.25, 0.3) is 0 Å². The van der Waals surface area contributed by atoms with Crippen LogP contribution in [0.2, 0.25) is 0 Å². The molecule has 23 heavy (non-hydrogen) atoms. The summed E-state index contributed by atoms with van der Waals surface area (Å²) in [7, 11) is -5.17. The van der Waals surface area contributed by atoms with Gasteiger partial charge in [-0.2, -0.15) is 0 Å². The second kappa shape index (κ2) is 17.7. The first-order valence-electron chi connectivity index (χ1n) is 7.28. The Morgan fingerprint density at radius 2 is 1.35 bits per heavy atom. The molecule has 0 aliphatic rings. The van der Waals surface area contributed by atoms with Crippen molar-refractivity contribution in [2.75, 3.05) is 0 Å². The van der Waals surface area contributed by atoms with Gasteiger partial charge in [0.05, 0.1) is 0 Å². The molecule has 1 rings (SSSR count). The summed E-state index contributed by atoms with van der Waals surface area (Å²) >= 11 is 0. The van der Waals surface area contributed by atoms with Gasteiger partial charge in [-0.3, -0.25) is 8.42 Å². The molecule has 5 nitrogen and oxygen atoms in total. The zero-order valence-electron chi connectivity index (χ0n) is 14.5. The largest absolute Gasteiger partial charge is 1.00 e. The minimum atomic E-state index is -5.17. The van der Waals surface area contributed by atoms with Crippen LogP contribution in [0.4, 0.5) is 0 Å². The average molecular weight is 362 g/mol. The van der Waals surface area contributed by atoms with Gasteiger partial charge < -0.3 is 14.2 Å². The molecule has 0 saturated carbocycles. The fourth-order valence-electron chi connectivity index (χ4n) is 1.99. The summed E-state index contributed by atoms with van der Waals surface area (Å²) in [4.78, 5) is 0.